The van der Waals surface area contributed by atoms with Crippen molar-refractivity contribution in [3.05, 3.63) is 71.8 Å². The monoisotopic (exact) mass is 270 g/mol. The van der Waals surface area contributed by atoms with E-state index in [1.807, 2.05) is 60.7 Å². The van der Waals surface area contributed by atoms with Crippen LogP contribution in [0.1, 0.15) is 31.1 Å². The molecule has 2 atom stereocenters. The van der Waals surface area contributed by atoms with Gasteiger partial charge in [0, 0.05) is 6.92 Å². The van der Waals surface area contributed by atoms with Crippen LogP contribution in [0.5, 0.6) is 0 Å². The average molecular weight is 270 g/mol. The largest absolute Gasteiger partial charge is 0.454 e. The first-order valence-electron chi connectivity index (χ1n) is 6.52. The fraction of sp³-hybridized carbons (Fsp3) is 0.235. The summed E-state index contributed by atoms with van der Waals surface area (Å²) in [6.07, 6.45) is -0.747. The summed E-state index contributed by atoms with van der Waals surface area (Å²) in [5.41, 5.74) is 0.167. The summed E-state index contributed by atoms with van der Waals surface area (Å²) in [6, 6.07) is 18.5. The highest BCUT2D eigenvalue weighted by molar-refractivity contribution is 5.66. The first kappa shape index (κ1) is 14.3. The van der Waals surface area contributed by atoms with Gasteiger partial charge in [0.2, 0.25) is 0 Å². The molecule has 0 spiro atoms. The minimum atomic E-state index is -1.30. The lowest BCUT2D eigenvalue weighted by molar-refractivity contribution is -0.163. The van der Waals surface area contributed by atoms with Gasteiger partial charge in [-0.2, -0.15) is 0 Å². The third-order valence-electron chi connectivity index (χ3n) is 3.25. The Labute approximate surface area is 118 Å². The van der Waals surface area contributed by atoms with Gasteiger partial charge in [0.15, 0.2) is 6.10 Å². The van der Waals surface area contributed by atoms with Crippen molar-refractivity contribution in [3.63, 3.8) is 0 Å². The fourth-order valence-corrected chi connectivity index (χ4v) is 2.23. The number of aliphatic hydroxyl groups is 1. The second-order valence-electron chi connectivity index (χ2n) is 4.91. The van der Waals surface area contributed by atoms with Crippen molar-refractivity contribution in [1.82, 2.24) is 0 Å². The highest BCUT2D eigenvalue weighted by atomic mass is 16.6. The molecule has 3 nitrogen and oxygen atoms in total. The standard InChI is InChI=1S/C17H18O3/c1-13(18)20-16(14-9-5-3-6-10-14)17(2,19)15-11-7-4-8-12-15/h3-12,16,19H,1-2H3/t16-,17?/m0/s1. The maximum atomic E-state index is 11.4. The van der Waals surface area contributed by atoms with E-state index >= 15 is 0 Å². The molecular formula is C17H18O3. The molecule has 0 aliphatic carbocycles. The summed E-state index contributed by atoms with van der Waals surface area (Å²) >= 11 is 0. The van der Waals surface area contributed by atoms with Gasteiger partial charge in [-0.15, -0.1) is 0 Å². The number of esters is 1. The van der Waals surface area contributed by atoms with Crippen molar-refractivity contribution >= 4 is 5.97 Å². The predicted molar refractivity (Wildman–Crippen MR) is 77.0 cm³/mol. The zero-order chi connectivity index (χ0) is 14.6. The number of carbonyl (C=O) groups is 1. The van der Waals surface area contributed by atoms with Crippen molar-refractivity contribution < 1.29 is 14.6 Å². The van der Waals surface area contributed by atoms with E-state index in [4.69, 9.17) is 4.74 Å². The molecule has 2 aromatic rings. The van der Waals surface area contributed by atoms with Crippen molar-refractivity contribution in [2.45, 2.75) is 25.6 Å². The Morgan fingerprint density at radius 3 is 2.05 bits per heavy atom. The van der Waals surface area contributed by atoms with E-state index in [1.165, 1.54) is 6.92 Å². The summed E-state index contributed by atoms with van der Waals surface area (Å²) in [5, 5.41) is 10.9. The van der Waals surface area contributed by atoms with Gasteiger partial charge in [-0.05, 0) is 18.1 Å². The maximum Gasteiger partial charge on any atom is 0.303 e. The first-order valence-corrected chi connectivity index (χ1v) is 6.52. The molecule has 2 aromatic carbocycles. The second-order valence-corrected chi connectivity index (χ2v) is 4.91. The van der Waals surface area contributed by atoms with E-state index in [1.54, 1.807) is 6.92 Å². The average Bonchev–Trinajstić information content (AvgIpc) is 2.46. The van der Waals surface area contributed by atoms with Crippen LogP contribution in [0.2, 0.25) is 0 Å². The Balaban J connectivity index is 2.43. The Bertz CT molecular complexity index is 561. The Morgan fingerprint density at radius 2 is 1.55 bits per heavy atom. The maximum absolute atomic E-state index is 11.4. The van der Waals surface area contributed by atoms with Crippen molar-refractivity contribution in [3.8, 4) is 0 Å². The molecular weight excluding hydrogens is 252 g/mol. The third kappa shape index (κ3) is 3.06. The summed E-state index contributed by atoms with van der Waals surface area (Å²) in [5.74, 6) is -0.421. The van der Waals surface area contributed by atoms with Gasteiger partial charge < -0.3 is 9.84 Å². The van der Waals surface area contributed by atoms with E-state index in [2.05, 4.69) is 0 Å². The minimum Gasteiger partial charge on any atom is -0.454 e. The van der Waals surface area contributed by atoms with Crippen LogP contribution in [-0.4, -0.2) is 11.1 Å². The van der Waals surface area contributed by atoms with E-state index in [9.17, 15) is 9.90 Å². The molecule has 0 saturated heterocycles. The molecule has 0 bridgehead atoms. The van der Waals surface area contributed by atoms with E-state index in [0.29, 0.717) is 5.56 Å². The third-order valence-corrected chi connectivity index (χ3v) is 3.25. The van der Waals surface area contributed by atoms with Crippen LogP contribution in [0.25, 0.3) is 0 Å². The van der Waals surface area contributed by atoms with Gasteiger partial charge in [0.25, 0.3) is 0 Å². The lowest BCUT2D eigenvalue weighted by Crippen LogP contribution is -2.33. The molecule has 0 saturated carbocycles. The van der Waals surface area contributed by atoms with Crippen LogP contribution in [0.3, 0.4) is 0 Å². The van der Waals surface area contributed by atoms with E-state index < -0.39 is 17.7 Å². The molecule has 104 valence electrons. The molecule has 0 radical (unpaired) electrons. The summed E-state index contributed by atoms with van der Waals surface area (Å²) in [7, 11) is 0. The van der Waals surface area contributed by atoms with Gasteiger partial charge in [0.1, 0.15) is 5.60 Å². The van der Waals surface area contributed by atoms with Gasteiger partial charge in [-0.3, -0.25) is 4.79 Å². The number of rotatable bonds is 4. The van der Waals surface area contributed by atoms with Crippen LogP contribution in [0.15, 0.2) is 60.7 Å². The molecule has 3 heteroatoms. The fourth-order valence-electron chi connectivity index (χ4n) is 2.23. The van der Waals surface area contributed by atoms with Crippen molar-refractivity contribution in [1.29, 1.82) is 0 Å². The zero-order valence-electron chi connectivity index (χ0n) is 11.6. The molecule has 1 N–H and O–H groups in total. The summed E-state index contributed by atoms with van der Waals surface area (Å²) in [4.78, 5) is 11.4. The molecule has 0 amide bonds. The number of hydrogen-bond donors (Lipinski definition) is 1. The lowest BCUT2D eigenvalue weighted by atomic mass is 9.86. The summed E-state index contributed by atoms with van der Waals surface area (Å²) < 4.78 is 5.37. The van der Waals surface area contributed by atoms with Crippen LogP contribution >= 0.6 is 0 Å². The molecule has 0 aliphatic rings. The first-order chi connectivity index (χ1) is 9.51. The molecule has 1 unspecified atom stereocenters. The van der Waals surface area contributed by atoms with Gasteiger partial charge in [-0.1, -0.05) is 60.7 Å². The smallest absolute Gasteiger partial charge is 0.303 e. The van der Waals surface area contributed by atoms with E-state index in [-0.39, 0.29) is 0 Å². The topological polar surface area (TPSA) is 46.5 Å². The van der Waals surface area contributed by atoms with Crippen LogP contribution in [0, 0.1) is 0 Å². The number of carbonyl (C=O) groups excluding carboxylic acids is 1. The zero-order valence-corrected chi connectivity index (χ0v) is 11.6. The highest BCUT2D eigenvalue weighted by Gasteiger charge is 2.37. The number of benzene rings is 2. The number of ether oxygens (including phenoxy) is 1. The molecule has 0 fully saturated rings. The van der Waals surface area contributed by atoms with E-state index in [0.717, 1.165) is 5.56 Å². The van der Waals surface area contributed by atoms with Crippen LogP contribution < -0.4 is 0 Å². The van der Waals surface area contributed by atoms with Crippen molar-refractivity contribution in [2.75, 3.05) is 0 Å². The Morgan fingerprint density at radius 1 is 1.05 bits per heavy atom. The van der Waals surface area contributed by atoms with Crippen LogP contribution in [-0.2, 0) is 15.1 Å². The molecule has 0 aliphatic heterocycles. The quantitative estimate of drug-likeness (QED) is 0.868. The van der Waals surface area contributed by atoms with Crippen molar-refractivity contribution in [2.24, 2.45) is 0 Å². The number of hydrogen-bond acceptors (Lipinski definition) is 3. The molecule has 20 heavy (non-hydrogen) atoms. The minimum absolute atomic E-state index is 0.421. The van der Waals surface area contributed by atoms with Crippen LogP contribution in [0.4, 0.5) is 0 Å². The Hall–Kier alpha value is -2.13. The second kappa shape index (κ2) is 5.88. The summed E-state index contributed by atoms with van der Waals surface area (Å²) in [6.45, 7) is 3.00. The lowest BCUT2D eigenvalue weighted by Gasteiger charge is -2.33. The molecule has 2 rings (SSSR count). The molecule has 0 aromatic heterocycles. The Kier molecular flexibility index (Phi) is 4.20. The highest BCUT2D eigenvalue weighted by Crippen LogP contribution is 2.37. The van der Waals surface area contributed by atoms with Gasteiger partial charge in [-0.25, -0.2) is 0 Å². The normalized spacial score (nSPS) is 15.2. The molecule has 0 heterocycles. The SMILES string of the molecule is CC(=O)O[C@@H](c1ccccc1)C(C)(O)c1ccccc1. The predicted octanol–water partition coefficient (Wildman–Crippen LogP) is 3.20. The van der Waals surface area contributed by atoms with Gasteiger partial charge >= 0.3 is 5.97 Å². The van der Waals surface area contributed by atoms with Gasteiger partial charge in [0.05, 0.1) is 0 Å².